The van der Waals surface area contributed by atoms with Gasteiger partial charge in [0.1, 0.15) is 5.75 Å². The van der Waals surface area contributed by atoms with Gasteiger partial charge in [0.15, 0.2) is 0 Å². The zero-order chi connectivity index (χ0) is 15.2. The average molecular weight is 283 g/mol. The first-order valence-electron chi connectivity index (χ1n) is 7.54. The fraction of sp³-hybridized carbons (Fsp3) is 0.368. The van der Waals surface area contributed by atoms with Crippen LogP contribution in [0.4, 0.5) is 0 Å². The van der Waals surface area contributed by atoms with Crippen LogP contribution in [0.3, 0.4) is 0 Å². The van der Waals surface area contributed by atoms with Crippen LogP contribution in [0, 0.1) is 0 Å². The molecule has 0 aliphatic rings. The molecule has 1 atom stereocenters. The van der Waals surface area contributed by atoms with Crippen LogP contribution in [0.25, 0.3) is 0 Å². The van der Waals surface area contributed by atoms with Gasteiger partial charge in [0.2, 0.25) is 0 Å². The zero-order valence-corrected chi connectivity index (χ0v) is 13.4. The molecule has 0 aliphatic heterocycles. The first kappa shape index (κ1) is 15.6. The summed E-state index contributed by atoms with van der Waals surface area (Å²) in [7, 11) is 3.72. The number of methoxy groups -OCH3 is 1. The molecule has 0 radical (unpaired) electrons. The van der Waals surface area contributed by atoms with Gasteiger partial charge < -0.3 is 10.1 Å². The molecule has 0 aromatic heterocycles. The van der Waals surface area contributed by atoms with E-state index in [-0.39, 0.29) is 0 Å². The maximum atomic E-state index is 5.30. The second kappa shape index (κ2) is 7.28. The quantitative estimate of drug-likeness (QED) is 0.852. The van der Waals surface area contributed by atoms with Crippen molar-refractivity contribution >= 4 is 0 Å². The summed E-state index contributed by atoms with van der Waals surface area (Å²) in [6.07, 6.45) is 0.953. The van der Waals surface area contributed by atoms with Gasteiger partial charge in [0.25, 0.3) is 0 Å². The molecule has 0 amide bonds. The molecule has 2 heteroatoms. The first-order chi connectivity index (χ1) is 10.1. The Labute approximate surface area is 128 Å². The van der Waals surface area contributed by atoms with Gasteiger partial charge >= 0.3 is 0 Å². The van der Waals surface area contributed by atoms with Gasteiger partial charge in [-0.1, -0.05) is 50.2 Å². The number of rotatable bonds is 6. The molecule has 2 rings (SSSR count). The van der Waals surface area contributed by atoms with Crippen molar-refractivity contribution in [1.82, 2.24) is 5.32 Å². The van der Waals surface area contributed by atoms with Crippen molar-refractivity contribution in [3.63, 3.8) is 0 Å². The van der Waals surface area contributed by atoms with Crippen LogP contribution < -0.4 is 10.1 Å². The third-order valence-corrected chi connectivity index (χ3v) is 3.93. The fourth-order valence-corrected chi connectivity index (χ4v) is 2.53. The number of hydrogen-bond donors (Lipinski definition) is 1. The van der Waals surface area contributed by atoms with Crippen LogP contribution in [0.5, 0.6) is 5.75 Å². The van der Waals surface area contributed by atoms with Crippen LogP contribution in [0.1, 0.15) is 42.5 Å². The Morgan fingerprint density at radius 2 is 1.67 bits per heavy atom. The predicted octanol–water partition coefficient (Wildman–Crippen LogP) is 4.32. The second-order valence-electron chi connectivity index (χ2n) is 5.72. The van der Waals surface area contributed by atoms with Gasteiger partial charge in [-0.2, -0.15) is 0 Å². The summed E-state index contributed by atoms with van der Waals surface area (Å²) >= 11 is 0. The summed E-state index contributed by atoms with van der Waals surface area (Å²) in [5.41, 5.74) is 3.99. The van der Waals surface area contributed by atoms with E-state index in [4.69, 9.17) is 4.74 Å². The Hall–Kier alpha value is -1.80. The van der Waals surface area contributed by atoms with Crippen molar-refractivity contribution in [2.24, 2.45) is 0 Å². The SMILES string of the molecule is CNC(Cc1cccc(OC)c1)c1ccc(C(C)C)cc1. The smallest absolute Gasteiger partial charge is 0.119 e. The molecule has 2 aromatic rings. The van der Waals surface area contributed by atoms with Crippen molar-refractivity contribution in [3.05, 3.63) is 65.2 Å². The molecular weight excluding hydrogens is 258 g/mol. The highest BCUT2D eigenvalue weighted by Gasteiger charge is 2.11. The van der Waals surface area contributed by atoms with Crippen LogP contribution >= 0.6 is 0 Å². The standard InChI is InChI=1S/C19H25NO/c1-14(2)16-8-10-17(11-9-16)19(20-3)13-15-6-5-7-18(12-15)21-4/h5-12,14,19-20H,13H2,1-4H3. The van der Waals surface area contributed by atoms with Gasteiger partial charge in [-0.3, -0.25) is 0 Å². The predicted molar refractivity (Wildman–Crippen MR) is 89.0 cm³/mol. The lowest BCUT2D eigenvalue weighted by atomic mass is 9.95. The largest absolute Gasteiger partial charge is 0.497 e. The summed E-state index contributed by atoms with van der Waals surface area (Å²) < 4.78 is 5.30. The number of nitrogens with one attached hydrogen (secondary N) is 1. The van der Waals surface area contributed by atoms with Gasteiger partial charge in [0, 0.05) is 6.04 Å². The second-order valence-corrected chi connectivity index (χ2v) is 5.72. The molecule has 0 spiro atoms. The van der Waals surface area contributed by atoms with Gasteiger partial charge in [0.05, 0.1) is 7.11 Å². The van der Waals surface area contributed by atoms with Gasteiger partial charge in [-0.05, 0) is 48.2 Å². The molecule has 0 heterocycles. The Kier molecular flexibility index (Phi) is 5.40. The number of ether oxygens (including phenoxy) is 1. The summed E-state index contributed by atoms with van der Waals surface area (Å²) in [6, 6.07) is 17.5. The Morgan fingerprint density at radius 3 is 2.24 bits per heavy atom. The van der Waals surface area contributed by atoms with E-state index in [0.29, 0.717) is 12.0 Å². The van der Waals surface area contributed by atoms with E-state index in [0.717, 1.165) is 12.2 Å². The first-order valence-corrected chi connectivity index (χ1v) is 7.54. The third kappa shape index (κ3) is 4.08. The molecule has 1 unspecified atom stereocenters. The molecule has 0 saturated carbocycles. The van der Waals surface area contributed by atoms with E-state index in [1.807, 2.05) is 19.2 Å². The molecule has 0 bridgehead atoms. The maximum absolute atomic E-state index is 5.30. The van der Waals surface area contributed by atoms with Crippen molar-refractivity contribution < 1.29 is 4.74 Å². The van der Waals surface area contributed by atoms with Crippen LogP contribution in [0.2, 0.25) is 0 Å². The lowest BCUT2D eigenvalue weighted by Gasteiger charge is -2.18. The number of hydrogen-bond acceptors (Lipinski definition) is 2. The molecule has 112 valence electrons. The Bertz CT molecular complexity index is 560. The van der Waals surface area contributed by atoms with Crippen molar-refractivity contribution in [2.45, 2.75) is 32.2 Å². The molecule has 0 fully saturated rings. The minimum absolute atomic E-state index is 0.318. The summed E-state index contributed by atoms with van der Waals surface area (Å²) in [5.74, 6) is 1.49. The van der Waals surface area contributed by atoms with E-state index < -0.39 is 0 Å². The van der Waals surface area contributed by atoms with Crippen LogP contribution in [0.15, 0.2) is 48.5 Å². The fourth-order valence-electron chi connectivity index (χ4n) is 2.53. The summed E-state index contributed by atoms with van der Waals surface area (Å²) in [6.45, 7) is 4.45. The highest BCUT2D eigenvalue weighted by atomic mass is 16.5. The van der Waals surface area contributed by atoms with E-state index in [2.05, 4.69) is 55.6 Å². The molecule has 21 heavy (non-hydrogen) atoms. The van der Waals surface area contributed by atoms with Crippen molar-refractivity contribution in [2.75, 3.05) is 14.2 Å². The summed E-state index contributed by atoms with van der Waals surface area (Å²) in [4.78, 5) is 0. The molecule has 2 nitrogen and oxygen atoms in total. The molecule has 0 saturated heterocycles. The zero-order valence-electron chi connectivity index (χ0n) is 13.4. The van der Waals surface area contributed by atoms with Crippen LogP contribution in [-0.4, -0.2) is 14.2 Å². The van der Waals surface area contributed by atoms with E-state index >= 15 is 0 Å². The highest BCUT2D eigenvalue weighted by Crippen LogP contribution is 2.23. The van der Waals surface area contributed by atoms with Gasteiger partial charge in [-0.25, -0.2) is 0 Å². The summed E-state index contributed by atoms with van der Waals surface area (Å²) in [5, 5.41) is 3.41. The monoisotopic (exact) mass is 283 g/mol. The minimum atomic E-state index is 0.318. The lowest BCUT2D eigenvalue weighted by molar-refractivity contribution is 0.414. The van der Waals surface area contributed by atoms with E-state index in [9.17, 15) is 0 Å². The molecule has 2 aromatic carbocycles. The van der Waals surface area contributed by atoms with E-state index in [1.165, 1.54) is 16.7 Å². The molecule has 0 aliphatic carbocycles. The molecular formula is C19H25NO. The average Bonchev–Trinajstić information content (AvgIpc) is 2.53. The highest BCUT2D eigenvalue weighted by molar-refractivity contribution is 5.32. The maximum Gasteiger partial charge on any atom is 0.119 e. The topological polar surface area (TPSA) is 21.3 Å². The Balaban J connectivity index is 2.15. The van der Waals surface area contributed by atoms with E-state index in [1.54, 1.807) is 7.11 Å². The van der Waals surface area contributed by atoms with Gasteiger partial charge in [-0.15, -0.1) is 0 Å². The minimum Gasteiger partial charge on any atom is -0.497 e. The van der Waals surface area contributed by atoms with Crippen molar-refractivity contribution in [3.8, 4) is 5.75 Å². The third-order valence-electron chi connectivity index (χ3n) is 3.93. The van der Waals surface area contributed by atoms with Crippen molar-refractivity contribution in [1.29, 1.82) is 0 Å². The Morgan fingerprint density at radius 1 is 1.00 bits per heavy atom. The number of likely N-dealkylation sites (N-methyl/N-ethyl adjacent to an activating group) is 1. The number of benzene rings is 2. The normalized spacial score (nSPS) is 12.4. The molecule has 1 N–H and O–H groups in total. The lowest BCUT2D eigenvalue weighted by Crippen LogP contribution is -2.18. The van der Waals surface area contributed by atoms with Crippen LogP contribution in [-0.2, 0) is 6.42 Å².